The van der Waals surface area contributed by atoms with Gasteiger partial charge in [0.2, 0.25) is 15.9 Å². The predicted octanol–water partition coefficient (Wildman–Crippen LogP) is 2.87. The van der Waals surface area contributed by atoms with E-state index in [1.165, 1.54) is 30.5 Å². The lowest BCUT2D eigenvalue weighted by molar-refractivity contribution is -0.129. The van der Waals surface area contributed by atoms with Crippen LogP contribution in [-0.2, 0) is 14.8 Å². The van der Waals surface area contributed by atoms with Crippen LogP contribution in [0, 0.1) is 23.7 Å². The lowest BCUT2D eigenvalue weighted by Gasteiger charge is -2.37. The van der Waals surface area contributed by atoms with Gasteiger partial charge in [-0.05, 0) is 38.0 Å². The lowest BCUT2D eigenvalue weighted by Crippen LogP contribution is -2.50. The third-order valence-electron chi connectivity index (χ3n) is 6.68. The summed E-state index contributed by atoms with van der Waals surface area (Å²) in [6, 6.07) is 4.39. The summed E-state index contributed by atoms with van der Waals surface area (Å²) in [6.45, 7) is 5.31. The van der Waals surface area contributed by atoms with Gasteiger partial charge in [-0.25, -0.2) is 8.42 Å². The zero-order valence-corrected chi connectivity index (χ0v) is 20.9. The first-order valence-corrected chi connectivity index (χ1v) is 13.2. The number of fused-ring (bicyclic) bond motifs is 1. The van der Waals surface area contributed by atoms with Crippen molar-refractivity contribution in [1.29, 1.82) is 0 Å². The molecular weight excluding hydrogens is 440 g/mol. The number of aliphatic hydroxyl groups excluding tert-OH is 1. The van der Waals surface area contributed by atoms with E-state index in [1.807, 2.05) is 6.92 Å². The maximum atomic E-state index is 13.5. The first-order valence-electron chi connectivity index (χ1n) is 11.8. The van der Waals surface area contributed by atoms with E-state index in [0.717, 1.165) is 12.8 Å². The number of hydrogen-bond donors (Lipinski definition) is 1. The van der Waals surface area contributed by atoms with E-state index in [2.05, 4.69) is 11.8 Å². The Hall–Kier alpha value is -2.08. The van der Waals surface area contributed by atoms with Crippen molar-refractivity contribution in [2.24, 2.45) is 11.8 Å². The number of amides is 1. The van der Waals surface area contributed by atoms with Crippen molar-refractivity contribution in [2.75, 3.05) is 26.7 Å². The van der Waals surface area contributed by atoms with Gasteiger partial charge in [0.05, 0.1) is 13.2 Å². The molecular formula is C25H36N2O5S. The number of aliphatic hydroxyl groups is 1. The number of nitrogens with zero attached hydrogens (tertiary/aromatic N) is 2. The maximum Gasteiger partial charge on any atom is 0.247 e. The Kier molecular flexibility index (Phi) is 8.43. The molecule has 1 aliphatic carbocycles. The summed E-state index contributed by atoms with van der Waals surface area (Å²) in [4.78, 5) is 13.5. The summed E-state index contributed by atoms with van der Waals surface area (Å²) in [5.41, 5.74) is 0.711. The molecule has 7 nitrogen and oxygen atoms in total. The van der Waals surface area contributed by atoms with Crippen molar-refractivity contribution in [3.05, 3.63) is 23.8 Å². The number of sulfonamides is 1. The maximum absolute atomic E-state index is 13.5. The summed E-state index contributed by atoms with van der Waals surface area (Å²) < 4.78 is 34.6. The molecule has 1 aromatic rings. The summed E-state index contributed by atoms with van der Waals surface area (Å²) >= 11 is 0. The van der Waals surface area contributed by atoms with Gasteiger partial charge in [-0.15, -0.1) is 0 Å². The van der Waals surface area contributed by atoms with Crippen molar-refractivity contribution < 1.29 is 23.1 Å². The minimum absolute atomic E-state index is 0.0633. The summed E-state index contributed by atoms with van der Waals surface area (Å²) in [5.74, 6) is 6.89. The molecule has 3 rings (SSSR count). The molecule has 1 heterocycles. The average Bonchev–Trinajstić information content (AvgIpc) is 2.79. The van der Waals surface area contributed by atoms with Gasteiger partial charge >= 0.3 is 0 Å². The fourth-order valence-corrected chi connectivity index (χ4v) is 6.18. The van der Waals surface area contributed by atoms with Gasteiger partial charge < -0.3 is 14.7 Å². The highest BCUT2D eigenvalue weighted by molar-refractivity contribution is 7.89. The Labute approximate surface area is 198 Å². The number of hydrogen-bond acceptors (Lipinski definition) is 5. The predicted molar refractivity (Wildman–Crippen MR) is 127 cm³/mol. The molecule has 1 amide bonds. The molecule has 0 spiro atoms. The fourth-order valence-electron chi connectivity index (χ4n) is 4.35. The Morgan fingerprint density at radius 3 is 2.64 bits per heavy atom. The highest BCUT2D eigenvalue weighted by atomic mass is 32.2. The van der Waals surface area contributed by atoms with Gasteiger partial charge in [-0.1, -0.05) is 38.0 Å². The van der Waals surface area contributed by atoms with E-state index in [9.17, 15) is 18.3 Å². The van der Waals surface area contributed by atoms with Crippen LogP contribution in [0.25, 0.3) is 0 Å². The normalized spacial score (nSPS) is 24.3. The van der Waals surface area contributed by atoms with Crippen LogP contribution in [0.2, 0.25) is 0 Å². The smallest absolute Gasteiger partial charge is 0.247 e. The van der Waals surface area contributed by atoms with Gasteiger partial charge in [0.25, 0.3) is 0 Å². The lowest BCUT2D eigenvalue weighted by atomic mass is 9.90. The zero-order valence-electron chi connectivity index (χ0n) is 20.1. The van der Waals surface area contributed by atoms with Crippen molar-refractivity contribution in [2.45, 2.75) is 69.9 Å². The Morgan fingerprint density at radius 1 is 1.30 bits per heavy atom. The molecule has 33 heavy (non-hydrogen) atoms. The molecule has 1 N–H and O–H groups in total. The quantitative estimate of drug-likeness (QED) is 0.676. The third kappa shape index (κ3) is 6.08. The number of benzene rings is 1. The molecule has 1 aromatic carbocycles. The van der Waals surface area contributed by atoms with E-state index in [4.69, 9.17) is 4.74 Å². The topological polar surface area (TPSA) is 87.2 Å². The van der Waals surface area contributed by atoms with Crippen LogP contribution in [0.3, 0.4) is 0 Å². The van der Waals surface area contributed by atoms with Crippen LogP contribution in [-0.4, -0.2) is 67.5 Å². The number of carbonyl (C=O) groups is 1. The van der Waals surface area contributed by atoms with Crippen LogP contribution >= 0.6 is 0 Å². The second-order valence-corrected chi connectivity index (χ2v) is 11.3. The number of likely N-dealkylation sites (N-methyl/N-ethyl adjacent to an activating group) is 1. The third-order valence-corrected chi connectivity index (χ3v) is 8.70. The molecule has 0 bridgehead atoms. The van der Waals surface area contributed by atoms with Crippen LogP contribution in [0.15, 0.2) is 23.1 Å². The number of ether oxygens (including phenoxy) is 1. The fraction of sp³-hybridized carbons (Fsp3) is 0.640. The van der Waals surface area contributed by atoms with Crippen LogP contribution in [0.4, 0.5) is 0 Å². The molecule has 1 aliphatic heterocycles. The van der Waals surface area contributed by atoms with Gasteiger partial charge in [0.1, 0.15) is 16.7 Å². The second kappa shape index (κ2) is 10.9. The minimum Gasteiger partial charge on any atom is -0.487 e. The molecule has 1 fully saturated rings. The molecule has 0 aromatic heterocycles. The molecule has 0 saturated heterocycles. The molecule has 182 valence electrons. The van der Waals surface area contributed by atoms with Crippen molar-refractivity contribution in [1.82, 2.24) is 9.21 Å². The Morgan fingerprint density at radius 2 is 2.00 bits per heavy atom. The van der Waals surface area contributed by atoms with Crippen molar-refractivity contribution in [3.63, 3.8) is 0 Å². The second-order valence-electron chi connectivity index (χ2n) is 9.41. The first-order chi connectivity index (χ1) is 15.6. The Balaban J connectivity index is 2.02. The van der Waals surface area contributed by atoms with Crippen molar-refractivity contribution in [3.8, 4) is 17.6 Å². The van der Waals surface area contributed by atoms with Crippen molar-refractivity contribution >= 4 is 15.9 Å². The molecule has 2 aliphatic rings. The van der Waals surface area contributed by atoms with Gasteiger partial charge in [-0.3, -0.25) is 4.79 Å². The zero-order chi connectivity index (χ0) is 24.2. The van der Waals surface area contributed by atoms with Crippen LogP contribution in [0.5, 0.6) is 5.75 Å². The van der Waals surface area contributed by atoms with Crippen LogP contribution in [0.1, 0.15) is 58.4 Å². The van der Waals surface area contributed by atoms with E-state index in [1.54, 1.807) is 37.1 Å². The molecule has 8 heteroatoms. The highest BCUT2D eigenvalue weighted by Gasteiger charge is 2.38. The molecule has 3 atom stereocenters. The minimum atomic E-state index is -3.89. The summed E-state index contributed by atoms with van der Waals surface area (Å²) in [7, 11) is -2.18. The molecule has 1 saturated carbocycles. The van der Waals surface area contributed by atoms with Gasteiger partial charge in [0, 0.05) is 44.0 Å². The van der Waals surface area contributed by atoms with Gasteiger partial charge in [0.15, 0.2) is 0 Å². The summed E-state index contributed by atoms with van der Waals surface area (Å²) in [5, 5.41) is 9.73. The standard InChI is InChI=1S/C25H36N2O5S/c1-18-15-27(19(2)17-28)33(30,31)25-13-12-22(11-10-21-8-6-5-7-9-21)14-23(25)32-24(18)16-26(4)20(3)29/h12-14,18-19,21,24,28H,5-9,15-17H2,1-4H3/t18-,19-,24+/m0/s1. The van der Waals surface area contributed by atoms with E-state index in [-0.39, 0.29) is 35.6 Å². The number of rotatable bonds is 4. The van der Waals surface area contributed by atoms with E-state index in [0.29, 0.717) is 18.0 Å². The highest BCUT2D eigenvalue weighted by Crippen LogP contribution is 2.34. The molecule has 0 unspecified atom stereocenters. The Bertz CT molecular complexity index is 1010. The van der Waals surface area contributed by atoms with Crippen LogP contribution < -0.4 is 4.74 Å². The van der Waals surface area contributed by atoms with E-state index < -0.39 is 22.2 Å². The average molecular weight is 477 g/mol. The molecule has 0 radical (unpaired) electrons. The van der Waals surface area contributed by atoms with E-state index >= 15 is 0 Å². The SMILES string of the molecule is CC(=O)N(C)C[C@H]1Oc2cc(C#CC3CCCCC3)ccc2S(=O)(=O)N([C@@H](C)CO)C[C@@H]1C. The largest absolute Gasteiger partial charge is 0.487 e. The monoisotopic (exact) mass is 476 g/mol. The summed E-state index contributed by atoms with van der Waals surface area (Å²) in [6.07, 6.45) is 5.46. The van der Waals surface area contributed by atoms with Gasteiger partial charge in [-0.2, -0.15) is 4.31 Å². The first kappa shape index (κ1) is 25.5. The number of carbonyl (C=O) groups excluding carboxylic acids is 1.